The minimum Gasteiger partial charge on any atom is -0.478 e. The van der Waals surface area contributed by atoms with E-state index in [0.717, 1.165) is 17.4 Å². The summed E-state index contributed by atoms with van der Waals surface area (Å²) in [5.41, 5.74) is 0.718. The standard InChI is InChI=1S/C21H12Cl2FNO4S2/c22-19-10-18(20(23)30-19)31(28,29)25-17-8-6-13(12-3-1-2-4-14(12)17)15-9-11(21(26)27)5-7-16(15)24/h1-10,25H,(H,26,27). The molecule has 0 bridgehead atoms. The molecule has 0 spiro atoms. The van der Waals surface area contributed by atoms with Gasteiger partial charge in [-0.05, 0) is 41.3 Å². The number of nitrogens with one attached hydrogen (secondary N) is 1. The molecule has 0 radical (unpaired) electrons. The van der Waals surface area contributed by atoms with Crippen LogP contribution in [0.5, 0.6) is 0 Å². The number of carboxylic acid groups (broad SMARTS) is 1. The zero-order valence-corrected chi connectivity index (χ0v) is 18.5. The number of carboxylic acids is 1. The molecule has 4 rings (SSSR count). The van der Waals surface area contributed by atoms with Crippen molar-refractivity contribution in [2.75, 3.05) is 4.72 Å². The summed E-state index contributed by atoms with van der Waals surface area (Å²) < 4.78 is 43.0. The first-order valence-electron chi connectivity index (χ1n) is 8.70. The molecule has 4 aromatic rings. The van der Waals surface area contributed by atoms with Crippen LogP contribution in [0, 0.1) is 5.82 Å². The van der Waals surface area contributed by atoms with Crippen molar-refractivity contribution in [2.45, 2.75) is 4.90 Å². The van der Waals surface area contributed by atoms with Gasteiger partial charge in [0, 0.05) is 10.9 Å². The topological polar surface area (TPSA) is 83.5 Å². The molecule has 3 aromatic carbocycles. The first-order chi connectivity index (χ1) is 14.7. The van der Waals surface area contributed by atoms with E-state index < -0.39 is 21.8 Å². The second-order valence-electron chi connectivity index (χ2n) is 6.50. The predicted octanol–water partition coefficient (Wildman–Crippen LogP) is 6.51. The second kappa shape index (κ2) is 8.12. The number of sulfonamides is 1. The molecule has 31 heavy (non-hydrogen) atoms. The lowest BCUT2D eigenvalue weighted by Crippen LogP contribution is -2.13. The van der Waals surface area contributed by atoms with E-state index in [4.69, 9.17) is 23.2 Å². The summed E-state index contributed by atoms with van der Waals surface area (Å²) in [5, 5.41) is 10.3. The Morgan fingerprint density at radius 2 is 1.68 bits per heavy atom. The van der Waals surface area contributed by atoms with Crippen molar-refractivity contribution in [1.82, 2.24) is 0 Å². The summed E-state index contributed by atoms with van der Waals surface area (Å²) in [6.07, 6.45) is 0. The molecular weight excluding hydrogens is 484 g/mol. The average Bonchev–Trinajstić information content (AvgIpc) is 3.07. The van der Waals surface area contributed by atoms with Crippen LogP contribution in [0.2, 0.25) is 8.67 Å². The van der Waals surface area contributed by atoms with E-state index in [-0.39, 0.29) is 30.4 Å². The van der Waals surface area contributed by atoms with Crippen molar-refractivity contribution < 1.29 is 22.7 Å². The third-order valence-corrected chi connectivity index (χ3v) is 7.71. The summed E-state index contributed by atoms with van der Waals surface area (Å²) >= 11 is 12.8. The van der Waals surface area contributed by atoms with Gasteiger partial charge in [-0.25, -0.2) is 17.6 Å². The van der Waals surface area contributed by atoms with Crippen LogP contribution in [-0.2, 0) is 10.0 Å². The first kappa shape index (κ1) is 21.6. The highest BCUT2D eigenvalue weighted by Crippen LogP contribution is 2.38. The number of hydrogen-bond donors (Lipinski definition) is 2. The summed E-state index contributed by atoms with van der Waals surface area (Å²) in [5.74, 6) is -1.77. The molecule has 2 N–H and O–H groups in total. The summed E-state index contributed by atoms with van der Waals surface area (Å²) in [6, 6.07) is 14.6. The molecule has 0 saturated carbocycles. The zero-order valence-electron chi connectivity index (χ0n) is 15.4. The van der Waals surface area contributed by atoms with Gasteiger partial charge in [-0.3, -0.25) is 4.72 Å². The van der Waals surface area contributed by atoms with E-state index in [2.05, 4.69) is 4.72 Å². The zero-order chi connectivity index (χ0) is 22.3. The molecule has 0 aliphatic heterocycles. The van der Waals surface area contributed by atoms with Crippen molar-refractivity contribution in [3.8, 4) is 11.1 Å². The predicted molar refractivity (Wildman–Crippen MR) is 121 cm³/mol. The Kier molecular flexibility index (Phi) is 5.65. The van der Waals surface area contributed by atoms with Gasteiger partial charge in [0.1, 0.15) is 15.0 Å². The van der Waals surface area contributed by atoms with E-state index in [9.17, 15) is 22.7 Å². The number of rotatable bonds is 5. The minimum absolute atomic E-state index is 0.0333. The SMILES string of the molecule is O=C(O)c1ccc(F)c(-c2ccc(NS(=O)(=O)c3cc(Cl)sc3Cl)c3ccccc23)c1. The van der Waals surface area contributed by atoms with Gasteiger partial charge in [-0.1, -0.05) is 53.5 Å². The van der Waals surface area contributed by atoms with Crippen molar-refractivity contribution in [3.05, 3.63) is 80.7 Å². The van der Waals surface area contributed by atoms with Crippen molar-refractivity contribution in [1.29, 1.82) is 0 Å². The van der Waals surface area contributed by atoms with Crippen LogP contribution in [0.3, 0.4) is 0 Å². The van der Waals surface area contributed by atoms with Gasteiger partial charge >= 0.3 is 5.97 Å². The molecule has 5 nitrogen and oxygen atoms in total. The molecule has 0 fully saturated rings. The maximum absolute atomic E-state index is 14.6. The van der Waals surface area contributed by atoms with Gasteiger partial charge in [0.2, 0.25) is 0 Å². The van der Waals surface area contributed by atoms with Gasteiger partial charge in [-0.2, -0.15) is 0 Å². The van der Waals surface area contributed by atoms with Crippen LogP contribution in [0.25, 0.3) is 21.9 Å². The minimum atomic E-state index is -4.03. The van der Waals surface area contributed by atoms with Crippen molar-refractivity contribution >= 4 is 67.0 Å². The third-order valence-electron chi connectivity index (χ3n) is 4.59. The Hall–Kier alpha value is -2.65. The second-order valence-corrected chi connectivity index (χ2v) is 10.4. The Morgan fingerprint density at radius 1 is 0.968 bits per heavy atom. The highest BCUT2D eigenvalue weighted by Gasteiger charge is 2.22. The molecule has 0 unspecified atom stereocenters. The van der Waals surface area contributed by atoms with Crippen molar-refractivity contribution in [3.63, 3.8) is 0 Å². The molecule has 158 valence electrons. The van der Waals surface area contributed by atoms with Gasteiger partial charge in [0.25, 0.3) is 10.0 Å². The van der Waals surface area contributed by atoms with E-state index >= 15 is 0 Å². The van der Waals surface area contributed by atoms with E-state index in [1.165, 1.54) is 30.3 Å². The number of hydrogen-bond acceptors (Lipinski definition) is 4. The lowest BCUT2D eigenvalue weighted by atomic mass is 9.95. The lowest BCUT2D eigenvalue weighted by molar-refractivity contribution is 0.0697. The average molecular weight is 496 g/mol. The molecule has 0 saturated heterocycles. The highest BCUT2D eigenvalue weighted by atomic mass is 35.5. The van der Waals surface area contributed by atoms with E-state index in [0.29, 0.717) is 16.3 Å². The van der Waals surface area contributed by atoms with Crippen LogP contribution in [-0.4, -0.2) is 19.5 Å². The lowest BCUT2D eigenvalue weighted by Gasteiger charge is -2.14. The molecule has 0 atom stereocenters. The molecule has 0 aliphatic carbocycles. The van der Waals surface area contributed by atoms with Gasteiger partial charge in [0.05, 0.1) is 15.6 Å². The number of halogens is 3. The monoisotopic (exact) mass is 495 g/mol. The number of benzene rings is 3. The maximum Gasteiger partial charge on any atom is 0.335 e. The summed E-state index contributed by atoms with van der Waals surface area (Å²) in [6.45, 7) is 0. The summed E-state index contributed by atoms with van der Waals surface area (Å²) in [7, 11) is -4.03. The Morgan fingerprint density at radius 3 is 2.32 bits per heavy atom. The fourth-order valence-corrected chi connectivity index (χ4v) is 6.43. The van der Waals surface area contributed by atoms with Gasteiger partial charge in [0.15, 0.2) is 0 Å². The number of aromatic carboxylic acids is 1. The number of fused-ring (bicyclic) bond motifs is 1. The smallest absolute Gasteiger partial charge is 0.335 e. The van der Waals surface area contributed by atoms with Crippen LogP contribution < -0.4 is 4.72 Å². The Bertz CT molecular complexity index is 1450. The van der Waals surface area contributed by atoms with Gasteiger partial charge < -0.3 is 5.11 Å². The number of thiophene rings is 1. The number of anilines is 1. The van der Waals surface area contributed by atoms with Crippen LogP contribution in [0.4, 0.5) is 10.1 Å². The summed E-state index contributed by atoms with van der Waals surface area (Å²) in [4.78, 5) is 11.2. The van der Waals surface area contributed by atoms with E-state index in [1.807, 2.05) is 0 Å². The normalized spacial score (nSPS) is 11.6. The molecule has 0 aliphatic rings. The Balaban J connectivity index is 1.86. The Labute approximate surface area is 190 Å². The molecule has 0 amide bonds. The highest BCUT2D eigenvalue weighted by molar-refractivity contribution is 7.93. The maximum atomic E-state index is 14.6. The quantitative estimate of drug-likeness (QED) is 0.330. The first-order valence-corrected chi connectivity index (χ1v) is 11.8. The largest absolute Gasteiger partial charge is 0.478 e. The molecule has 10 heteroatoms. The molecule has 1 aromatic heterocycles. The van der Waals surface area contributed by atoms with Crippen LogP contribution in [0.15, 0.2) is 65.6 Å². The third kappa shape index (κ3) is 4.12. The molecular formula is C21H12Cl2FNO4S2. The molecule has 1 heterocycles. The number of carbonyl (C=O) groups is 1. The van der Waals surface area contributed by atoms with E-state index in [1.54, 1.807) is 24.3 Å². The van der Waals surface area contributed by atoms with Gasteiger partial charge in [-0.15, -0.1) is 11.3 Å². The fraction of sp³-hybridized carbons (Fsp3) is 0. The van der Waals surface area contributed by atoms with Crippen LogP contribution >= 0.6 is 34.5 Å². The fourth-order valence-electron chi connectivity index (χ4n) is 3.20. The van der Waals surface area contributed by atoms with Crippen molar-refractivity contribution in [2.24, 2.45) is 0 Å². The van der Waals surface area contributed by atoms with Crippen LogP contribution in [0.1, 0.15) is 10.4 Å².